The Balaban J connectivity index is 1.96. The maximum atomic E-state index is 3.71. The molecule has 0 aromatic carbocycles. The van der Waals surface area contributed by atoms with Crippen LogP contribution in [0.2, 0.25) is 0 Å². The highest BCUT2D eigenvalue weighted by atomic mass is 15.1. The summed E-state index contributed by atoms with van der Waals surface area (Å²) in [5.41, 5.74) is 0. The average molecular weight is 216 g/mol. The van der Waals surface area contributed by atoms with Crippen LogP contribution in [-0.4, -0.2) is 9.13 Å². The Bertz CT molecular complexity index is 446. The largest absolute Gasteiger partial charge is 0.248 e. The van der Waals surface area contributed by atoms with Crippen LogP contribution in [0.1, 0.15) is 0 Å². The van der Waals surface area contributed by atoms with Gasteiger partial charge in [-0.05, 0) is 0 Å². The lowest BCUT2D eigenvalue weighted by molar-refractivity contribution is -0.568. The van der Waals surface area contributed by atoms with Crippen LogP contribution in [0.5, 0.6) is 0 Å². The van der Waals surface area contributed by atoms with E-state index in [-0.39, 0.29) is 0 Å². The summed E-state index contributed by atoms with van der Waals surface area (Å²) < 4.78 is 8.11. The van der Waals surface area contributed by atoms with Crippen molar-refractivity contribution in [3.8, 4) is 0 Å². The molecule has 0 saturated carbocycles. The van der Waals surface area contributed by atoms with Crippen LogP contribution in [0.3, 0.4) is 0 Å². The summed E-state index contributed by atoms with van der Waals surface area (Å²) in [5.74, 6) is 0. The van der Waals surface area contributed by atoms with E-state index in [2.05, 4.69) is 22.3 Å². The van der Waals surface area contributed by atoms with Crippen molar-refractivity contribution in [2.24, 2.45) is 0 Å². The molecule has 0 radical (unpaired) electrons. The molecule has 82 valence electrons. The molecular formula is C12H16N4+2. The van der Waals surface area contributed by atoms with Crippen molar-refractivity contribution in [1.29, 1.82) is 0 Å². The highest BCUT2D eigenvalue weighted by Gasteiger charge is 2.04. The van der Waals surface area contributed by atoms with E-state index in [1.54, 1.807) is 12.4 Å². The molecular weight excluding hydrogens is 200 g/mol. The average Bonchev–Trinajstić information content (AvgIpc) is 2.95. The lowest BCUT2D eigenvalue weighted by atomic mass is 10.6. The predicted octanol–water partition coefficient (Wildman–Crippen LogP) is 0.766. The van der Waals surface area contributed by atoms with Crippen LogP contribution in [0.15, 0.2) is 50.6 Å². The Morgan fingerprint density at radius 1 is 0.875 bits per heavy atom. The van der Waals surface area contributed by atoms with Crippen molar-refractivity contribution in [1.82, 2.24) is 9.13 Å². The van der Waals surface area contributed by atoms with Gasteiger partial charge in [-0.2, -0.15) is 0 Å². The van der Waals surface area contributed by atoms with Crippen LogP contribution in [-0.2, 0) is 13.1 Å². The van der Waals surface area contributed by atoms with Gasteiger partial charge in [0, 0.05) is 0 Å². The van der Waals surface area contributed by atoms with Crippen molar-refractivity contribution in [2.75, 3.05) is 0 Å². The van der Waals surface area contributed by atoms with Gasteiger partial charge in [0.15, 0.2) is 0 Å². The first-order chi connectivity index (χ1) is 7.81. The molecule has 0 fully saturated rings. The lowest BCUT2D eigenvalue weighted by Gasteiger charge is -1.92. The van der Waals surface area contributed by atoms with E-state index >= 15 is 0 Å². The Hall–Kier alpha value is -2.10. The first kappa shape index (κ1) is 10.4. The molecule has 0 spiro atoms. The SMILES string of the molecule is C=C[n+]1ccn(CCn2cc[n+](C=C)c2)c1. The number of hydrogen-bond acceptors (Lipinski definition) is 0. The predicted molar refractivity (Wildman–Crippen MR) is 62.0 cm³/mol. The van der Waals surface area contributed by atoms with Gasteiger partial charge in [0.05, 0.1) is 12.4 Å². The second-order valence-corrected chi connectivity index (χ2v) is 3.56. The fraction of sp³-hybridized carbons (Fsp3) is 0.167. The first-order valence-electron chi connectivity index (χ1n) is 5.20. The minimum absolute atomic E-state index is 0.937. The molecule has 0 amide bonds. The van der Waals surface area contributed by atoms with Crippen molar-refractivity contribution < 1.29 is 9.13 Å². The molecule has 0 aliphatic rings. The fourth-order valence-electron chi connectivity index (χ4n) is 1.53. The summed E-state index contributed by atoms with van der Waals surface area (Å²) in [4.78, 5) is 0. The molecule has 0 aliphatic heterocycles. The Labute approximate surface area is 95.0 Å². The van der Waals surface area contributed by atoms with Gasteiger partial charge in [-0.1, -0.05) is 13.2 Å². The lowest BCUT2D eigenvalue weighted by Crippen LogP contribution is -2.22. The summed E-state index contributed by atoms with van der Waals surface area (Å²) in [6, 6.07) is 0. The second kappa shape index (κ2) is 4.61. The third kappa shape index (κ3) is 2.28. The summed E-state index contributed by atoms with van der Waals surface area (Å²) in [7, 11) is 0. The van der Waals surface area contributed by atoms with Crippen molar-refractivity contribution in [3.63, 3.8) is 0 Å². The maximum absolute atomic E-state index is 3.71. The maximum Gasteiger partial charge on any atom is 0.248 e. The minimum Gasteiger partial charge on any atom is -0.232 e. The quantitative estimate of drug-likeness (QED) is 0.657. The number of rotatable bonds is 5. The van der Waals surface area contributed by atoms with E-state index in [1.807, 2.05) is 46.6 Å². The number of nitrogens with zero attached hydrogens (tertiary/aromatic N) is 4. The zero-order chi connectivity index (χ0) is 11.4. The normalized spacial score (nSPS) is 10.2. The van der Waals surface area contributed by atoms with Gasteiger partial charge in [0.1, 0.15) is 37.9 Å². The summed E-state index contributed by atoms with van der Waals surface area (Å²) in [6.07, 6.45) is 15.6. The Kier molecular flexibility index (Phi) is 3.00. The second-order valence-electron chi connectivity index (χ2n) is 3.56. The van der Waals surface area contributed by atoms with Gasteiger partial charge in [0.2, 0.25) is 12.7 Å². The van der Waals surface area contributed by atoms with E-state index in [0.29, 0.717) is 0 Å². The van der Waals surface area contributed by atoms with E-state index in [9.17, 15) is 0 Å². The van der Waals surface area contributed by atoms with E-state index in [1.165, 1.54) is 0 Å². The molecule has 2 aromatic rings. The van der Waals surface area contributed by atoms with Crippen LogP contribution in [0, 0.1) is 0 Å². The number of imidazole rings is 2. The smallest absolute Gasteiger partial charge is 0.232 e. The topological polar surface area (TPSA) is 17.6 Å². The van der Waals surface area contributed by atoms with Gasteiger partial charge in [-0.3, -0.25) is 0 Å². The molecule has 0 bridgehead atoms. The van der Waals surface area contributed by atoms with E-state index < -0.39 is 0 Å². The monoisotopic (exact) mass is 216 g/mol. The number of hydrogen-bond donors (Lipinski definition) is 0. The van der Waals surface area contributed by atoms with E-state index in [4.69, 9.17) is 0 Å². The minimum atomic E-state index is 0.937. The molecule has 2 aromatic heterocycles. The van der Waals surface area contributed by atoms with Crippen LogP contribution in [0.4, 0.5) is 0 Å². The standard InChI is InChI=1S/C12H16N4/c1-3-13-5-7-15(11-13)9-10-16-8-6-14(4-2)12-16/h3-8,11-12H,1-2,9-10H2/q+2. The number of aryl methyl sites for hydroxylation is 2. The molecule has 4 nitrogen and oxygen atoms in total. The molecule has 4 heteroatoms. The van der Waals surface area contributed by atoms with Crippen molar-refractivity contribution >= 4 is 12.4 Å². The van der Waals surface area contributed by atoms with Crippen molar-refractivity contribution in [2.45, 2.75) is 13.1 Å². The van der Waals surface area contributed by atoms with Crippen molar-refractivity contribution in [3.05, 3.63) is 50.6 Å². The zero-order valence-corrected chi connectivity index (χ0v) is 9.24. The summed E-state index contributed by atoms with van der Waals surface area (Å²) >= 11 is 0. The van der Waals surface area contributed by atoms with Crippen LogP contribution in [0.25, 0.3) is 12.4 Å². The Morgan fingerprint density at radius 2 is 1.31 bits per heavy atom. The third-order valence-electron chi connectivity index (χ3n) is 2.46. The summed E-state index contributed by atoms with van der Waals surface area (Å²) in [5, 5.41) is 0. The van der Waals surface area contributed by atoms with Gasteiger partial charge >= 0.3 is 0 Å². The molecule has 2 rings (SSSR count). The molecule has 16 heavy (non-hydrogen) atoms. The number of aromatic nitrogens is 4. The third-order valence-corrected chi connectivity index (χ3v) is 2.46. The van der Waals surface area contributed by atoms with Gasteiger partial charge in [-0.15, -0.1) is 0 Å². The van der Waals surface area contributed by atoms with Gasteiger partial charge < -0.3 is 0 Å². The summed E-state index contributed by atoms with van der Waals surface area (Å²) in [6.45, 7) is 9.29. The molecule has 0 aliphatic carbocycles. The van der Waals surface area contributed by atoms with Gasteiger partial charge in [-0.25, -0.2) is 18.3 Å². The molecule has 0 unspecified atom stereocenters. The molecule has 0 N–H and O–H groups in total. The molecule has 0 saturated heterocycles. The Morgan fingerprint density at radius 3 is 1.62 bits per heavy atom. The molecule has 0 atom stereocenters. The zero-order valence-electron chi connectivity index (χ0n) is 9.24. The highest BCUT2D eigenvalue weighted by molar-refractivity contribution is 4.95. The van der Waals surface area contributed by atoms with E-state index in [0.717, 1.165) is 13.1 Å². The fourth-order valence-corrected chi connectivity index (χ4v) is 1.53. The molecule has 2 heterocycles. The van der Waals surface area contributed by atoms with Crippen LogP contribution < -0.4 is 9.13 Å². The van der Waals surface area contributed by atoms with Gasteiger partial charge in [0.25, 0.3) is 0 Å². The highest BCUT2D eigenvalue weighted by Crippen LogP contribution is 1.90. The van der Waals surface area contributed by atoms with Crippen LogP contribution >= 0.6 is 0 Å². The first-order valence-corrected chi connectivity index (χ1v) is 5.20.